The third-order valence-corrected chi connectivity index (χ3v) is 5.43. The van der Waals surface area contributed by atoms with Crippen molar-refractivity contribution in [1.29, 1.82) is 0 Å². The molecule has 4 atom stereocenters. The van der Waals surface area contributed by atoms with Crippen molar-refractivity contribution in [2.75, 3.05) is 13.7 Å². The van der Waals surface area contributed by atoms with Gasteiger partial charge in [-0.3, -0.25) is 0 Å². The topological polar surface area (TPSA) is 83.1 Å². The van der Waals surface area contributed by atoms with E-state index in [2.05, 4.69) is 4.72 Å². The van der Waals surface area contributed by atoms with Crippen LogP contribution in [0.2, 0.25) is 0 Å². The van der Waals surface area contributed by atoms with Gasteiger partial charge in [-0.2, -0.15) is 0 Å². The molecule has 1 aromatic rings. The number of rotatable bonds is 5. The van der Waals surface area contributed by atoms with Crippen LogP contribution in [0.1, 0.15) is 19.4 Å². The van der Waals surface area contributed by atoms with Crippen LogP contribution < -0.4 is 4.72 Å². The number of hydrogen-bond donors (Lipinski definition) is 1. The minimum absolute atomic E-state index is 0.113. The standard InChI is InChI=1S/C16H23NO6S/c1-16(2)21-9-12-14(23-16)13(15(20-3)22-12)17-24(18,19)10-11-7-5-4-6-8-11/h4-8,12-15,17H,9-10H2,1-3H3/t12-,13-,14+,15+/m0/s1. The van der Waals surface area contributed by atoms with Crippen molar-refractivity contribution in [3.63, 3.8) is 0 Å². The SMILES string of the molecule is CO[C@@H]1O[C@H]2COC(C)(C)O[C@H]2[C@@H]1NS(=O)(=O)Cc1ccccc1. The molecule has 0 amide bonds. The molecule has 2 aliphatic rings. The molecular weight excluding hydrogens is 334 g/mol. The lowest BCUT2D eigenvalue weighted by molar-refractivity contribution is -0.296. The van der Waals surface area contributed by atoms with E-state index in [0.717, 1.165) is 0 Å². The maximum Gasteiger partial charge on any atom is 0.216 e. The summed E-state index contributed by atoms with van der Waals surface area (Å²) in [6.07, 6.45) is -1.56. The molecule has 1 aromatic carbocycles. The van der Waals surface area contributed by atoms with Crippen molar-refractivity contribution in [3.8, 4) is 0 Å². The van der Waals surface area contributed by atoms with Gasteiger partial charge in [-0.25, -0.2) is 13.1 Å². The Labute approximate surface area is 142 Å². The lowest BCUT2D eigenvalue weighted by Crippen LogP contribution is -2.55. The molecule has 7 nitrogen and oxygen atoms in total. The molecule has 2 fully saturated rings. The van der Waals surface area contributed by atoms with E-state index in [1.807, 2.05) is 18.2 Å². The monoisotopic (exact) mass is 357 g/mol. The van der Waals surface area contributed by atoms with Crippen molar-refractivity contribution in [2.45, 2.75) is 49.9 Å². The van der Waals surface area contributed by atoms with Crippen LogP contribution in [0, 0.1) is 0 Å². The van der Waals surface area contributed by atoms with Gasteiger partial charge in [0.15, 0.2) is 12.1 Å². The predicted octanol–water partition coefficient (Wildman–Crippen LogP) is 0.997. The van der Waals surface area contributed by atoms with E-state index in [0.29, 0.717) is 12.2 Å². The van der Waals surface area contributed by atoms with Gasteiger partial charge in [-0.05, 0) is 19.4 Å². The van der Waals surface area contributed by atoms with E-state index in [9.17, 15) is 8.42 Å². The summed E-state index contributed by atoms with van der Waals surface area (Å²) < 4.78 is 50.2. The molecule has 0 radical (unpaired) electrons. The molecule has 0 saturated carbocycles. The third-order valence-electron chi connectivity index (χ3n) is 4.09. The summed E-state index contributed by atoms with van der Waals surface area (Å²) in [5.41, 5.74) is 0.711. The molecule has 2 saturated heterocycles. The van der Waals surface area contributed by atoms with Gasteiger partial charge < -0.3 is 18.9 Å². The highest BCUT2D eigenvalue weighted by atomic mass is 32.2. The first kappa shape index (κ1) is 17.8. The van der Waals surface area contributed by atoms with Crippen molar-refractivity contribution < 1.29 is 27.4 Å². The van der Waals surface area contributed by atoms with Crippen LogP contribution in [0.25, 0.3) is 0 Å². The van der Waals surface area contributed by atoms with Gasteiger partial charge in [-0.1, -0.05) is 30.3 Å². The van der Waals surface area contributed by atoms with Crippen molar-refractivity contribution in [1.82, 2.24) is 4.72 Å². The second kappa shape index (κ2) is 6.70. The zero-order valence-corrected chi connectivity index (χ0v) is 14.8. The van der Waals surface area contributed by atoms with Gasteiger partial charge in [0, 0.05) is 7.11 Å². The van der Waals surface area contributed by atoms with E-state index >= 15 is 0 Å². The number of nitrogens with one attached hydrogen (secondary N) is 1. The second-order valence-corrected chi connectivity index (χ2v) is 8.21. The van der Waals surface area contributed by atoms with E-state index < -0.39 is 34.2 Å². The van der Waals surface area contributed by atoms with Crippen LogP contribution in [-0.2, 0) is 34.7 Å². The fraction of sp³-hybridized carbons (Fsp3) is 0.625. The van der Waals surface area contributed by atoms with Crippen LogP contribution in [-0.4, -0.2) is 52.5 Å². The highest BCUT2D eigenvalue weighted by Gasteiger charge is 2.52. The summed E-state index contributed by atoms with van der Waals surface area (Å²) in [5.74, 6) is -0.908. The first-order valence-corrected chi connectivity index (χ1v) is 9.49. The van der Waals surface area contributed by atoms with Crippen molar-refractivity contribution in [3.05, 3.63) is 35.9 Å². The molecule has 2 heterocycles. The number of methoxy groups -OCH3 is 1. The maximum absolute atomic E-state index is 12.5. The second-order valence-electron chi connectivity index (χ2n) is 6.46. The lowest BCUT2D eigenvalue weighted by atomic mass is 10.1. The Morgan fingerprint density at radius 1 is 1.29 bits per heavy atom. The highest BCUT2D eigenvalue weighted by molar-refractivity contribution is 7.88. The lowest BCUT2D eigenvalue weighted by Gasteiger charge is -2.38. The molecule has 0 bridgehead atoms. The Hall–Kier alpha value is -1.03. The molecule has 3 rings (SSSR count). The highest BCUT2D eigenvalue weighted by Crippen LogP contribution is 2.33. The molecule has 8 heteroatoms. The number of fused-ring (bicyclic) bond motifs is 1. The Morgan fingerprint density at radius 2 is 2.00 bits per heavy atom. The number of sulfonamides is 1. The summed E-state index contributed by atoms with van der Waals surface area (Å²) >= 11 is 0. The van der Waals surface area contributed by atoms with Gasteiger partial charge in [-0.15, -0.1) is 0 Å². The summed E-state index contributed by atoms with van der Waals surface area (Å²) in [7, 11) is -2.10. The van der Waals surface area contributed by atoms with E-state index in [1.54, 1.807) is 26.0 Å². The predicted molar refractivity (Wildman–Crippen MR) is 86.6 cm³/mol. The Kier molecular flexibility index (Phi) is 4.96. The molecule has 0 aliphatic carbocycles. The number of ether oxygens (including phenoxy) is 4. The third kappa shape index (κ3) is 3.96. The average Bonchev–Trinajstić information content (AvgIpc) is 2.83. The molecule has 0 spiro atoms. The minimum Gasteiger partial charge on any atom is -0.354 e. The molecule has 0 unspecified atom stereocenters. The van der Waals surface area contributed by atoms with Gasteiger partial charge >= 0.3 is 0 Å². The minimum atomic E-state index is -3.58. The molecule has 2 aliphatic heterocycles. The van der Waals surface area contributed by atoms with Crippen molar-refractivity contribution in [2.24, 2.45) is 0 Å². The average molecular weight is 357 g/mol. The molecule has 1 N–H and O–H groups in total. The van der Waals surface area contributed by atoms with Gasteiger partial charge in [0.2, 0.25) is 10.0 Å². The quantitative estimate of drug-likeness (QED) is 0.846. The maximum atomic E-state index is 12.5. The summed E-state index contributed by atoms with van der Waals surface area (Å²) in [5, 5.41) is 0. The fourth-order valence-electron chi connectivity index (χ4n) is 3.02. The Balaban J connectivity index is 1.76. The first-order chi connectivity index (χ1) is 11.3. The molecular formula is C16H23NO6S. The Morgan fingerprint density at radius 3 is 2.67 bits per heavy atom. The van der Waals surface area contributed by atoms with Crippen LogP contribution in [0.4, 0.5) is 0 Å². The summed E-state index contributed by atoms with van der Waals surface area (Å²) in [4.78, 5) is 0. The van der Waals surface area contributed by atoms with Crippen LogP contribution >= 0.6 is 0 Å². The summed E-state index contributed by atoms with van der Waals surface area (Å²) in [6.45, 7) is 3.91. The van der Waals surface area contributed by atoms with Crippen LogP contribution in [0.15, 0.2) is 30.3 Å². The Bertz CT molecular complexity index is 662. The largest absolute Gasteiger partial charge is 0.354 e. The fourth-order valence-corrected chi connectivity index (χ4v) is 4.39. The molecule has 0 aromatic heterocycles. The van der Waals surface area contributed by atoms with Crippen molar-refractivity contribution >= 4 is 10.0 Å². The van der Waals surface area contributed by atoms with E-state index in [-0.39, 0.29) is 11.9 Å². The smallest absolute Gasteiger partial charge is 0.216 e. The first-order valence-electron chi connectivity index (χ1n) is 7.84. The van der Waals surface area contributed by atoms with E-state index in [1.165, 1.54) is 7.11 Å². The van der Waals surface area contributed by atoms with Crippen LogP contribution in [0.3, 0.4) is 0 Å². The normalized spacial score (nSPS) is 32.5. The molecule has 24 heavy (non-hydrogen) atoms. The van der Waals surface area contributed by atoms with Gasteiger partial charge in [0.05, 0.1) is 12.4 Å². The molecule has 134 valence electrons. The van der Waals surface area contributed by atoms with Gasteiger partial charge in [0.25, 0.3) is 0 Å². The zero-order chi connectivity index (χ0) is 17.4. The van der Waals surface area contributed by atoms with Crippen LogP contribution in [0.5, 0.6) is 0 Å². The zero-order valence-electron chi connectivity index (χ0n) is 14.0. The van der Waals surface area contributed by atoms with Gasteiger partial charge in [0.1, 0.15) is 18.2 Å². The summed E-state index contributed by atoms with van der Waals surface area (Å²) in [6, 6.07) is 8.38. The van der Waals surface area contributed by atoms with E-state index in [4.69, 9.17) is 18.9 Å². The number of hydrogen-bond acceptors (Lipinski definition) is 6. The number of benzene rings is 1.